The zero-order chi connectivity index (χ0) is 10.7. The van der Waals surface area contributed by atoms with Gasteiger partial charge in [-0.3, -0.25) is 0 Å². The van der Waals surface area contributed by atoms with E-state index in [0.717, 1.165) is 31.9 Å². The van der Waals surface area contributed by atoms with E-state index in [1.807, 2.05) is 0 Å². The van der Waals surface area contributed by atoms with Crippen molar-refractivity contribution < 1.29 is 9.63 Å². The van der Waals surface area contributed by atoms with Gasteiger partial charge in [0.1, 0.15) is 0 Å². The molecule has 1 aromatic rings. The van der Waals surface area contributed by atoms with Crippen LogP contribution in [0.3, 0.4) is 0 Å². The van der Waals surface area contributed by atoms with E-state index in [1.54, 1.807) is 0 Å². The quantitative estimate of drug-likeness (QED) is 0.781. The molecule has 0 bridgehead atoms. The van der Waals surface area contributed by atoms with Crippen LogP contribution in [0.5, 0.6) is 0 Å². The molecule has 0 spiro atoms. The summed E-state index contributed by atoms with van der Waals surface area (Å²) in [4.78, 5) is 6.67. The first-order valence-electron chi connectivity index (χ1n) is 5.49. The molecule has 1 saturated heterocycles. The highest BCUT2D eigenvalue weighted by Crippen LogP contribution is 2.24. The summed E-state index contributed by atoms with van der Waals surface area (Å²) in [5.74, 6) is 1.75. The van der Waals surface area contributed by atoms with Crippen LogP contribution in [0.25, 0.3) is 0 Å². The molecular formula is C10H17N3O2. The van der Waals surface area contributed by atoms with E-state index < -0.39 is 0 Å². The maximum Gasteiger partial charge on any atom is 0.228 e. The SMILES string of the molecule is CCN1CCC(c2noc(CCO)n2)C1. The van der Waals surface area contributed by atoms with E-state index in [9.17, 15) is 0 Å². The highest BCUT2D eigenvalue weighted by Gasteiger charge is 2.26. The van der Waals surface area contributed by atoms with Crippen molar-refractivity contribution in [2.45, 2.75) is 25.7 Å². The first-order valence-corrected chi connectivity index (χ1v) is 5.49. The lowest BCUT2D eigenvalue weighted by Gasteiger charge is -2.10. The summed E-state index contributed by atoms with van der Waals surface area (Å²) < 4.78 is 5.05. The molecular weight excluding hydrogens is 194 g/mol. The average Bonchev–Trinajstić information content (AvgIpc) is 2.85. The molecule has 1 N–H and O–H groups in total. The van der Waals surface area contributed by atoms with Crippen LogP contribution in [0.2, 0.25) is 0 Å². The van der Waals surface area contributed by atoms with Crippen molar-refractivity contribution in [1.29, 1.82) is 0 Å². The second-order valence-electron chi connectivity index (χ2n) is 3.90. The molecule has 0 aromatic carbocycles. The monoisotopic (exact) mass is 211 g/mol. The summed E-state index contributed by atoms with van der Waals surface area (Å²) in [6, 6.07) is 0. The molecule has 1 aliphatic rings. The van der Waals surface area contributed by atoms with E-state index in [-0.39, 0.29) is 6.61 Å². The molecule has 15 heavy (non-hydrogen) atoms. The first-order chi connectivity index (χ1) is 7.33. The van der Waals surface area contributed by atoms with Crippen molar-refractivity contribution in [3.8, 4) is 0 Å². The van der Waals surface area contributed by atoms with Crippen molar-refractivity contribution in [2.24, 2.45) is 0 Å². The molecule has 5 heteroatoms. The maximum absolute atomic E-state index is 8.74. The first kappa shape index (κ1) is 10.6. The minimum absolute atomic E-state index is 0.0629. The third-order valence-corrected chi connectivity index (χ3v) is 2.89. The number of nitrogens with zero attached hydrogens (tertiary/aromatic N) is 3. The van der Waals surface area contributed by atoms with E-state index >= 15 is 0 Å². The highest BCUT2D eigenvalue weighted by molar-refractivity contribution is 5.00. The van der Waals surface area contributed by atoms with Gasteiger partial charge in [-0.15, -0.1) is 0 Å². The Kier molecular flexibility index (Phi) is 3.33. The Morgan fingerprint density at radius 2 is 2.47 bits per heavy atom. The van der Waals surface area contributed by atoms with Gasteiger partial charge in [-0.1, -0.05) is 12.1 Å². The van der Waals surface area contributed by atoms with Gasteiger partial charge in [-0.25, -0.2) is 0 Å². The Labute approximate surface area is 89.1 Å². The van der Waals surface area contributed by atoms with Gasteiger partial charge in [0, 0.05) is 12.5 Å². The van der Waals surface area contributed by atoms with Gasteiger partial charge in [-0.05, 0) is 19.5 Å². The maximum atomic E-state index is 8.74. The summed E-state index contributed by atoms with van der Waals surface area (Å²) in [6.07, 6.45) is 1.56. The molecule has 1 unspecified atom stereocenters. The van der Waals surface area contributed by atoms with Crippen LogP contribution in [-0.4, -0.2) is 46.4 Å². The van der Waals surface area contributed by atoms with E-state index in [4.69, 9.17) is 9.63 Å². The molecule has 1 aliphatic heterocycles. The van der Waals surface area contributed by atoms with Gasteiger partial charge in [0.2, 0.25) is 5.89 Å². The lowest BCUT2D eigenvalue weighted by molar-refractivity contribution is 0.273. The molecule has 1 aromatic heterocycles. The number of aliphatic hydroxyl groups is 1. The second-order valence-corrected chi connectivity index (χ2v) is 3.90. The molecule has 2 rings (SSSR count). The van der Waals surface area contributed by atoms with E-state index in [0.29, 0.717) is 18.2 Å². The summed E-state index contributed by atoms with van der Waals surface area (Å²) in [5.41, 5.74) is 0. The van der Waals surface area contributed by atoms with Crippen LogP contribution >= 0.6 is 0 Å². The predicted octanol–water partition coefficient (Wildman–Crippen LogP) is 0.414. The number of rotatable bonds is 4. The Bertz CT molecular complexity index is 313. The van der Waals surface area contributed by atoms with E-state index in [1.165, 1.54) is 0 Å². The molecule has 84 valence electrons. The zero-order valence-electron chi connectivity index (χ0n) is 9.02. The van der Waals surface area contributed by atoms with E-state index in [2.05, 4.69) is 22.0 Å². The van der Waals surface area contributed by atoms with Gasteiger partial charge in [0.15, 0.2) is 5.82 Å². The minimum Gasteiger partial charge on any atom is -0.396 e. The fourth-order valence-corrected chi connectivity index (χ4v) is 1.96. The summed E-state index contributed by atoms with van der Waals surface area (Å²) in [5, 5.41) is 12.7. The van der Waals surface area contributed by atoms with Gasteiger partial charge in [0.05, 0.1) is 13.0 Å². The average molecular weight is 211 g/mol. The Hall–Kier alpha value is -0.940. The third kappa shape index (κ3) is 2.35. The minimum atomic E-state index is 0.0629. The van der Waals surface area contributed by atoms with Crippen LogP contribution in [0.15, 0.2) is 4.52 Å². The predicted molar refractivity (Wildman–Crippen MR) is 54.6 cm³/mol. The number of likely N-dealkylation sites (N-methyl/N-ethyl adjacent to an activating group) is 1. The topological polar surface area (TPSA) is 62.4 Å². The van der Waals surface area contributed by atoms with Crippen LogP contribution in [0.1, 0.15) is 31.0 Å². The van der Waals surface area contributed by atoms with Gasteiger partial charge in [0.25, 0.3) is 0 Å². The second kappa shape index (κ2) is 4.72. The molecule has 0 saturated carbocycles. The standard InChI is InChI=1S/C10H17N3O2/c1-2-13-5-3-8(7-13)10-11-9(4-6-14)15-12-10/h8,14H,2-7H2,1H3. The van der Waals surface area contributed by atoms with Crippen molar-refractivity contribution >= 4 is 0 Å². The van der Waals surface area contributed by atoms with Crippen molar-refractivity contribution in [3.63, 3.8) is 0 Å². The van der Waals surface area contributed by atoms with Gasteiger partial charge < -0.3 is 14.5 Å². The molecule has 0 aliphatic carbocycles. The van der Waals surface area contributed by atoms with Crippen LogP contribution < -0.4 is 0 Å². The van der Waals surface area contributed by atoms with Crippen LogP contribution in [-0.2, 0) is 6.42 Å². The summed E-state index contributed by atoms with van der Waals surface area (Å²) >= 11 is 0. The molecule has 1 fully saturated rings. The van der Waals surface area contributed by atoms with Gasteiger partial charge >= 0.3 is 0 Å². The van der Waals surface area contributed by atoms with Crippen molar-refractivity contribution in [3.05, 3.63) is 11.7 Å². The molecule has 2 heterocycles. The smallest absolute Gasteiger partial charge is 0.228 e. The lowest BCUT2D eigenvalue weighted by Crippen LogP contribution is -2.19. The number of aliphatic hydroxyl groups excluding tert-OH is 1. The number of hydrogen-bond donors (Lipinski definition) is 1. The molecule has 0 radical (unpaired) electrons. The number of hydrogen-bond acceptors (Lipinski definition) is 5. The molecule has 0 amide bonds. The van der Waals surface area contributed by atoms with Gasteiger partial charge in [-0.2, -0.15) is 4.98 Å². The lowest BCUT2D eigenvalue weighted by atomic mass is 10.1. The van der Waals surface area contributed by atoms with Crippen molar-refractivity contribution in [2.75, 3.05) is 26.2 Å². The molecule has 5 nitrogen and oxygen atoms in total. The van der Waals surface area contributed by atoms with Crippen LogP contribution in [0.4, 0.5) is 0 Å². The number of aromatic nitrogens is 2. The molecule has 1 atom stereocenters. The largest absolute Gasteiger partial charge is 0.396 e. The normalized spacial score (nSPS) is 22.4. The van der Waals surface area contributed by atoms with Crippen LogP contribution in [0, 0.1) is 0 Å². The summed E-state index contributed by atoms with van der Waals surface area (Å²) in [7, 11) is 0. The Morgan fingerprint density at radius 1 is 1.60 bits per heavy atom. The third-order valence-electron chi connectivity index (χ3n) is 2.89. The fraction of sp³-hybridized carbons (Fsp3) is 0.800. The Morgan fingerprint density at radius 3 is 3.13 bits per heavy atom. The fourth-order valence-electron chi connectivity index (χ4n) is 1.96. The zero-order valence-corrected chi connectivity index (χ0v) is 9.02. The highest BCUT2D eigenvalue weighted by atomic mass is 16.5. The number of likely N-dealkylation sites (tertiary alicyclic amines) is 1. The van der Waals surface area contributed by atoms with Crippen molar-refractivity contribution in [1.82, 2.24) is 15.0 Å². The summed E-state index contributed by atoms with van der Waals surface area (Å²) in [6.45, 7) is 5.45. The Balaban J connectivity index is 1.97.